The Hall–Kier alpha value is -1.71. The van der Waals surface area contributed by atoms with E-state index in [0.717, 1.165) is 6.42 Å². The van der Waals surface area contributed by atoms with Crippen LogP contribution >= 0.6 is 0 Å². The molecule has 1 aromatic rings. The minimum Gasteiger partial charge on any atom is -0.465 e. The number of esters is 1. The van der Waals surface area contributed by atoms with Crippen LogP contribution < -0.4 is 11.1 Å². The van der Waals surface area contributed by atoms with Gasteiger partial charge in [0.25, 0.3) is 0 Å². The minimum absolute atomic E-state index is 0.350. The van der Waals surface area contributed by atoms with E-state index in [9.17, 15) is 4.79 Å². The summed E-state index contributed by atoms with van der Waals surface area (Å²) >= 11 is 0. The van der Waals surface area contributed by atoms with E-state index in [2.05, 4.69) is 12.2 Å². The lowest BCUT2D eigenvalue weighted by molar-refractivity contribution is 0.0602. The van der Waals surface area contributed by atoms with E-state index in [1.807, 2.05) is 0 Å². The van der Waals surface area contributed by atoms with E-state index < -0.39 is 0 Å². The van der Waals surface area contributed by atoms with E-state index in [1.54, 1.807) is 18.2 Å². The third-order valence-electron chi connectivity index (χ3n) is 3.41. The maximum atomic E-state index is 11.7. The van der Waals surface area contributed by atoms with E-state index in [-0.39, 0.29) is 5.97 Å². The van der Waals surface area contributed by atoms with Crippen molar-refractivity contribution in [3.05, 3.63) is 23.8 Å². The zero-order chi connectivity index (χ0) is 13.1. The highest BCUT2D eigenvalue weighted by molar-refractivity contribution is 5.98. The molecule has 0 heterocycles. The van der Waals surface area contributed by atoms with Gasteiger partial charge in [0.15, 0.2) is 0 Å². The zero-order valence-corrected chi connectivity index (χ0v) is 10.9. The molecule has 0 aromatic heterocycles. The molecule has 0 amide bonds. The van der Waals surface area contributed by atoms with E-state index >= 15 is 0 Å². The largest absolute Gasteiger partial charge is 0.465 e. The van der Waals surface area contributed by atoms with Crippen LogP contribution in [0.2, 0.25) is 0 Å². The number of methoxy groups -OCH3 is 1. The Morgan fingerprint density at radius 2 is 2.33 bits per heavy atom. The lowest BCUT2D eigenvalue weighted by Crippen LogP contribution is -2.13. The van der Waals surface area contributed by atoms with Crippen molar-refractivity contribution in [1.82, 2.24) is 0 Å². The highest BCUT2D eigenvalue weighted by Gasteiger charge is 2.36. The smallest absolute Gasteiger partial charge is 0.340 e. The predicted octanol–water partition coefficient (Wildman–Crippen LogP) is 2.66. The summed E-state index contributed by atoms with van der Waals surface area (Å²) in [6.07, 6.45) is 3.57. The number of carbonyl (C=O) groups is 1. The highest BCUT2D eigenvalue weighted by Crippen LogP contribution is 2.39. The standard InChI is InChI=1S/C14H20N2O2/c1-3-5-9-8-12(9)16-13-10(14(17)18-2)6-4-7-11(13)15/h4,6-7,9,12,16H,3,5,8,15H2,1-2H3. The van der Waals surface area contributed by atoms with Gasteiger partial charge in [0, 0.05) is 6.04 Å². The van der Waals surface area contributed by atoms with Gasteiger partial charge in [-0.3, -0.25) is 0 Å². The maximum Gasteiger partial charge on any atom is 0.340 e. The molecule has 0 saturated heterocycles. The molecule has 1 fully saturated rings. The number of ether oxygens (including phenoxy) is 1. The third kappa shape index (κ3) is 2.58. The molecule has 98 valence electrons. The number of rotatable bonds is 5. The number of nitrogens with one attached hydrogen (secondary N) is 1. The van der Waals surface area contributed by atoms with Crippen LogP contribution in [0, 0.1) is 5.92 Å². The number of anilines is 2. The van der Waals surface area contributed by atoms with E-state index in [4.69, 9.17) is 10.5 Å². The summed E-state index contributed by atoms with van der Waals surface area (Å²) in [5.41, 5.74) is 7.77. The van der Waals surface area contributed by atoms with Crippen LogP contribution in [0.3, 0.4) is 0 Å². The molecule has 2 rings (SSSR count). The molecule has 4 nitrogen and oxygen atoms in total. The molecule has 1 aliphatic carbocycles. The Bertz CT molecular complexity index is 445. The molecule has 2 unspecified atom stereocenters. The molecule has 0 aliphatic heterocycles. The molecular formula is C14H20N2O2. The maximum absolute atomic E-state index is 11.7. The van der Waals surface area contributed by atoms with Crippen molar-refractivity contribution in [2.75, 3.05) is 18.2 Å². The van der Waals surface area contributed by atoms with Gasteiger partial charge in [-0.2, -0.15) is 0 Å². The number of hydrogen-bond acceptors (Lipinski definition) is 4. The van der Waals surface area contributed by atoms with Gasteiger partial charge >= 0.3 is 5.97 Å². The summed E-state index contributed by atoms with van der Waals surface area (Å²) < 4.78 is 4.77. The van der Waals surface area contributed by atoms with Gasteiger partial charge in [-0.15, -0.1) is 0 Å². The molecular weight excluding hydrogens is 228 g/mol. The fourth-order valence-electron chi connectivity index (χ4n) is 2.31. The van der Waals surface area contributed by atoms with Crippen molar-refractivity contribution in [2.45, 2.75) is 32.2 Å². The third-order valence-corrected chi connectivity index (χ3v) is 3.41. The predicted molar refractivity (Wildman–Crippen MR) is 72.6 cm³/mol. The van der Waals surface area contributed by atoms with Crippen LogP contribution in [-0.2, 0) is 4.74 Å². The number of carbonyl (C=O) groups excluding carboxylic acids is 1. The first-order valence-corrected chi connectivity index (χ1v) is 6.40. The van der Waals surface area contributed by atoms with Gasteiger partial charge in [0.05, 0.1) is 24.0 Å². The molecule has 0 bridgehead atoms. The number of nitrogens with two attached hydrogens (primary N) is 1. The van der Waals surface area contributed by atoms with Crippen LogP contribution in [0.4, 0.5) is 11.4 Å². The van der Waals surface area contributed by atoms with Crippen molar-refractivity contribution in [3.8, 4) is 0 Å². The Kier molecular flexibility index (Phi) is 3.75. The van der Waals surface area contributed by atoms with Crippen molar-refractivity contribution in [3.63, 3.8) is 0 Å². The normalized spacial score (nSPS) is 21.4. The number of hydrogen-bond donors (Lipinski definition) is 2. The second kappa shape index (κ2) is 5.29. The molecule has 1 saturated carbocycles. The van der Waals surface area contributed by atoms with Crippen molar-refractivity contribution in [1.29, 1.82) is 0 Å². The van der Waals surface area contributed by atoms with Gasteiger partial charge in [0.1, 0.15) is 0 Å². The minimum atomic E-state index is -0.350. The Morgan fingerprint density at radius 1 is 1.56 bits per heavy atom. The van der Waals surface area contributed by atoms with Gasteiger partial charge < -0.3 is 15.8 Å². The lowest BCUT2D eigenvalue weighted by Gasteiger charge is -2.13. The Balaban J connectivity index is 2.14. The van der Waals surface area contributed by atoms with Crippen molar-refractivity contribution in [2.24, 2.45) is 5.92 Å². The fourth-order valence-corrected chi connectivity index (χ4v) is 2.31. The average Bonchev–Trinajstić information content (AvgIpc) is 3.09. The summed E-state index contributed by atoms with van der Waals surface area (Å²) in [6, 6.07) is 5.75. The fraction of sp³-hybridized carbons (Fsp3) is 0.500. The average molecular weight is 248 g/mol. The molecule has 0 spiro atoms. The van der Waals surface area contributed by atoms with Crippen molar-refractivity contribution >= 4 is 17.3 Å². The molecule has 2 atom stereocenters. The number of nitrogen functional groups attached to an aromatic ring is 1. The van der Waals surface area contributed by atoms with E-state index in [1.165, 1.54) is 20.0 Å². The molecule has 1 aliphatic rings. The van der Waals surface area contributed by atoms with Gasteiger partial charge in [0.2, 0.25) is 0 Å². The summed E-state index contributed by atoms with van der Waals surface area (Å²) in [4.78, 5) is 11.7. The highest BCUT2D eigenvalue weighted by atomic mass is 16.5. The topological polar surface area (TPSA) is 64.3 Å². The summed E-state index contributed by atoms with van der Waals surface area (Å²) in [7, 11) is 1.38. The summed E-state index contributed by atoms with van der Waals surface area (Å²) in [6.45, 7) is 2.19. The summed E-state index contributed by atoms with van der Waals surface area (Å²) in [5.74, 6) is 0.359. The van der Waals surface area contributed by atoms with Crippen LogP contribution in [0.5, 0.6) is 0 Å². The lowest BCUT2D eigenvalue weighted by atomic mass is 10.1. The van der Waals surface area contributed by atoms with Gasteiger partial charge in [-0.05, 0) is 30.9 Å². The molecule has 0 radical (unpaired) electrons. The second-order valence-electron chi connectivity index (χ2n) is 4.80. The summed E-state index contributed by atoms with van der Waals surface area (Å²) in [5, 5.41) is 3.38. The Morgan fingerprint density at radius 3 is 3.00 bits per heavy atom. The molecule has 3 N–H and O–H groups in total. The van der Waals surface area contributed by atoms with Crippen LogP contribution in [0.15, 0.2) is 18.2 Å². The molecule has 4 heteroatoms. The molecule has 1 aromatic carbocycles. The SMILES string of the molecule is CCCC1CC1Nc1c(N)cccc1C(=O)OC. The van der Waals surface area contributed by atoms with E-state index in [0.29, 0.717) is 28.9 Å². The number of para-hydroxylation sites is 1. The van der Waals surface area contributed by atoms with Gasteiger partial charge in [-0.1, -0.05) is 19.4 Å². The second-order valence-corrected chi connectivity index (χ2v) is 4.80. The monoisotopic (exact) mass is 248 g/mol. The quantitative estimate of drug-likeness (QED) is 0.621. The Labute approximate surface area is 108 Å². The van der Waals surface area contributed by atoms with Crippen LogP contribution in [0.25, 0.3) is 0 Å². The zero-order valence-electron chi connectivity index (χ0n) is 10.9. The van der Waals surface area contributed by atoms with Gasteiger partial charge in [-0.25, -0.2) is 4.79 Å². The first-order chi connectivity index (χ1) is 8.67. The number of benzene rings is 1. The first-order valence-electron chi connectivity index (χ1n) is 6.40. The first kappa shape index (κ1) is 12.7. The van der Waals surface area contributed by atoms with Crippen molar-refractivity contribution < 1.29 is 9.53 Å². The van der Waals surface area contributed by atoms with Crippen LogP contribution in [0.1, 0.15) is 36.5 Å². The molecule has 18 heavy (non-hydrogen) atoms. The van der Waals surface area contributed by atoms with Crippen LogP contribution in [-0.4, -0.2) is 19.1 Å².